The molecule has 1 aliphatic carbocycles. The van der Waals surface area contributed by atoms with Gasteiger partial charge in [0.15, 0.2) is 0 Å². The Bertz CT molecular complexity index is 1300. The van der Waals surface area contributed by atoms with Gasteiger partial charge in [-0.05, 0) is 68.0 Å². The fourth-order valence-corrected chi connectivity index (χ4v) is 5.68. The summed E-state index contributed by atoms with van der Waals surface area (Å²) in [6.45, 7) is 1.33. The van der Waals surface area contributed by atoms with Crippen molar-refractivity contribution in [2.75, 3.05) is 37.0 Å². The lowest BCUT2D eigenvalue weighted by atomic mass is 9.94. The van der Waals surface area contributed by atoms with Gasteiger partial charge in [-0.2, -0.15) is 4.98 Å². The van der Waals surface area contributed by atoms with Gasteiger partial charge in [0.25, 0.3) is 0 Å². The van der Waals surface area contributed by atoms with Crippen molar-refractivity contribution in [2.24, 2.45) is 11.8 Å². The van der Waals surface area contributed by atoms with Gasteiger partial charge >= 0.3 is 0 Å². The maximum absolute atomic E-state index is 14.5. The minimum atomic E-state index is -0.545. The number of aliphatic hydroxyl groups is 1. The third-order valence-electron chi connectivity index (χ3n) is 7.68. The number of hydrogen-bond acceptors (Lipinski definition) is 6. The number of aromatic nitrogens is 2. The van der Waals surface area contributed by atoms with E-state index < -0.39 is 11.6 Å². The molecule has 2 aromatic carbocycles. The third-order valence-corrected chi connectivity index (χ3v) is 7.92. The van der Waals surface area contributed by atoms with Crippen LogP contribution >= 0.6 is 11.6 Å². The molecule has 1 amide bonds. The van der Waals surface area contributed by atoms with E-state index in [1.165, 1.54) is 24.3 Å². The van der Waals surface area contributed by atoms with Crippen LogP contribution in [0.15, 0.2) is 36.4 Å². The lowest BCUT2D eigenvalue weighted by Gasteiger charge is -2.38. The number of amides is 1. The maximum Gasteiger partial charge on any atom is 0.227 e. The molecule has 3 aromatic rings. The van der Waals surface area contributed by atoms with E-state index in [0.29, 0.717) is 35.8 Å². The molecule has 2 fully saturated rings. The van der Waals surface area contributed by atoms with Crippen LogP contribution in [0.1, 0.15) is 32.1 Å². The van der Waals surface area contributed by atoms with Gasteiger partial charge < -0.3 is 20.2 Å². The van der Waals surface area contributed by atoms with Gasteiger partial charge in [-0.15, -0.1) is 0 Å². The molecular formula is C27H30ClF2N5O2. The van der Waals surface area contributed by atoms with Crippen molar-refractivity contribution >= 4 is 45.9 Å². The van der Waals surface area contributed by atoms with Crippen molar-refractivity contribution in [1.29, 1.82) is 0 Å². The predicted molar refractivity (Wildman–Crippen MR) is 140 cm³/mol. The summed E-state index contributed by atoms with van der Waals surface area (Å²) in [7, 11) is 1.86. The van der Waals surface area contributed by atoms with E-state index in [1.54, 1.807) is 12.1 Å². The number of nitrogens with zero attached hydrogens (tertiary/aromatic N) is 4. The van der Waals surface area contributed by atoms with Crippen LogP contribution in [0.25, 0.3) is 10.9 Å². The summed E-state index contributed by atoms with van der Waals surface area (Å²) in [5.74, 6) is -0.151. The van der Waals surface area contributed by atoms with E-state index in [4.69, 9.17) is 11.6 Å². The fraction of sp³-hybridized carbons (Fsp3) is 0.444. The van der Waals surface area contributed by atoms with Crippen LogP contribution in [0.5, 0.6) is 0 Å². The number of halogens is 3. The van der Waals surface area contributed by atoms with Crippen molar-refractivity contribution in [3.05, 3.63) is 53.1 Å². The van der Waals surface area contributed by atoms with E-state index in [-0.39, 0.29) is 41.1 Å². The second kappa shape index (κ2) is 10.8. The van der Waals surface area contributed by atoms with Crippen LogP contribution in [0.4, 0.5) is 26.2 Å². The second-order valence-corrected chi connectivity index (χ2v) is 10.4. The highest BCUT2D eigenvalue weighted by molar-refractivity contribution is 6.30. The summed E-state index contributed by atoms with van der Waals surface area (Å²) >= 11 is 5.88. The highest BCUT2D eigenvalue weighted by atomic mass is 35.5. The molecule has 2 unspecified atom stereocenters. The maximum atomic E-state index is 14.5. The van der Waals surface area contributed by atoms with Crippen LogP contribution in [0, 0.1) is 23.5 Å². The Labute approximate surface area is 219 Å². The monoisotopic (exact) mass is 529 g/mol. The van der Waals surface area contributed by atoms with Crippen LogP contribution in [0.3, 0.4) is 0 Å². The number of fused-ring (bicyclic) bond motifs is 1. The van der Waals surface area contributed by atoms with Crippen molar-refractivity contribution in [3.8, 4) is 0 Å². The SMILES string of the molecule is CN(C(=O)C1CCCC1CO)C1CCN(c2nc(Nc3ccc(Cl)cc3F)c3cc(F)ccc3n2)CC1. The lowest BCUT2D eigenvalue weighted by Crippen LogP contribution is -2.48. The molecule has 1 aliphatic heterocycles. The summed E-state index contributed by atoms with van der Waals surface area (Å²) in [5.41, 5.74) is 0.709. The lowest BCUT2D eigenvalue weighted by molar-refractivity contribution is -0.138. The van der Waals surface area contributed by atoms with E-state index in [0.717, 1.165) is 32.1 Å². The van der Waals surface area contributed by atoms with Gasteiger partial charge in [-0.1, -0.05) is 18.0 Å². The molecule has 1 saturated heterocycles. The normalized spacial score (nSPS) is 20.4. The van der Waals surface area contributed by atoms with Gasteiger partial charge in [0.1, 0.15) is 17.5 Å². The van der Waals surface area contributed by atoms with Crippen LogP contribution in [-0.4, -0.2) is 58.7 Å². The first-order valence-corrected chi connectivity index (χ1v) is 13.0. The molecule has 196 valence electrons. The third kappa shape index (κ3) is 5.33. The molecule has 37 heavy (non-hydrogen) atoms. The van der Waals surface area contributed by atoms with Gasteiger partial charge in [-0.25, -0.2) is 13.8 Å². The zero-order chi connectivity index (χ0) is 26.1. The van der Waals surface area contributed by atoms with E-state index in [2.05, 4.69) is 15.3 Å². The van der Waals surface area contributed by atoms with Crippen LogP contribution in [-0.2, 0) is 4.79 Å². The van der Waals surface area contributed by atoms with Crippen LogP contribution in [0.2, 0.25) is 5.02 Å². The number of nitrogens with one attached hydrogen (secondary N) is 1. The number of piperidine rings is 1. The number of hydrogen-bond donors (Lipinski definition) is 2. The van der Waals surface area contributed by atoms with Gasteiger partial charge in [0.2, 0.25) is 11.9 Å². The minimum absolute atomic E-state index is 0.0577. The molecular weight excluding hydrogens is 500 g/mol. The molecule has 0 bridgehead atoms. The highest BCUT2D eigenvalue weighted by Gasteiger charge is 2.37. The standard InChI is InChI=1S/C27H30ClF2N5O2/c1-34(26(37)20-4-2-3-16(20)15-36)19-9-11-35(12-10-19)27-32-23-8-6-18(29)14-21(23)25(33-27)31-24-7-5-17(28)13-22(24)30/h5-8,13-14,16,19-20,36H,2-4,9-12,15H2,1H3,(H,31,32,33). The minimum Gasteiger partial charge on any atom is -0.396 e. The molecule has 2 N–H and O–H groups in total. The molecule has 10 heteroatoms. The summed E-state index contributed by atoms with van der Waals surface area (Å²) < 4.78 is 28.5. The Morgan fingerprint density at radius 3 is 2.65 bits per heavy atom. The molecule has 1 aromatic heterocycles. The second-order valence-electron chi connectivity index (χ2n) is 9.93. The molecule has 2 atom stereocenters. The Morgan fingerprint density at radius 2 is 1.92 bits per heavy atom. The summed E-state index contributed by atoms with van der Waals surface area (Å²) in [4.78, 5) is 26.3. The first-order chi connectivity index (χ1) is 17.8. The number of carbonyl (C=O) groups excluding carboxylic acids is 1. The molecule has 7 nitrogen and oxygen atoms in total. The predicted octanol–water partition coefficient (Wildman–Crippen LogP) is 5.14. The number of rotatable bonds is 6. The van der Waals surface area contributed by atoms with Crippen molar-refractivity contribution in [2.45, 2.75) is 38.1 Å². The smallest absolute Gasteiger partial charge is 0.227 e. The van der Waals surface area contributed by atoms with Crippen molar-refractivity contribution < 1.29 is 18.7 Å². The van der Waals surface area contributed by atoms with Gasteiger partial charge in [0, 0.05) is 49.1 Å². The fourth-order valence-electron chi connectivity index (χ4n) is 5.52. The zero-order valence-corrected chi connectivity index (χ0v) is 21.4. The van der Waals surface area contributed by atoms with E-state index in [9.17, 15) is 18.7 Å². The van der Waals surface area contributed by atoms with Gasteiger partial charge in [-0.3, -0.25) is 4.79 Å². The van der Waals surface area contributed by atoms with Crippen molar-refractivity contribution in [1.82, 2.24) is 14.9 Å². The Kier molecular flexibility index (Phi) is 7.44. The zero-order valence-electron chi connectivity index (χ0n) is 20.6. The number of anilines is 3. The number of aliphatic hydroxyl groups excluding tert-OH is 1. The molecule has 2 heterocycles. The highest BCUT2D eigenvalue weighted by Crippen LogP contribution is 2.34. The first kappa shape index (κ1) is 25.6. The average molecular weight is 530 g/mol. The van der Waals surface area contributed by atoms with E-state index >= 15 is 0 Å². The largest absolute Gasteiger partial charge is 0.396 e. The van der Waals surface area contributed by atoms with Crippen molar-refractivity contribution in [3.63, 3.8) is 0 Å². The molecule has 0 radical (unpaired) electrons. The first-order valence-electron chi connectivity index (χ1n) is 12.7. The van der Waals surface area contributed by atoms with E-state index in [1.807, 2.05) is 16.8 Å². The molecule has 0 spiro atoms. The number of benzene rings is 2. The van der Waals surface area contributed by atoms with Gasteiger partial charge in [0.05, 0.1) is 11.2 Å². The number of carbonyl (C=O) groups is 1. The Hall–Kier alpha value is -3.04. The summed E-state index contributed by atoms with van der Waals surface area (Å²) in [5, 5.41) is 13.3. The summed E-state index contributed by atoms with van der Waals surface area (Å²) in [6.07, 6.45) is 4.21. The molecule has 1 saturated carbocycles. The molecule has 5 rings (SSSR count). The Morgan fingerprint density at radius 1 is 1.14 bits per heavy atom. The molecule has 2 aliphatic rings. The quantitative estimate of drug-likeness (QED) is 0.460. The Balaban J connectivity index is 1.34. The summed E-state index contributed by atoms with van der Waals surface area (Å²) in [6, 6.07) is 8.61. The topological polar surface area (TPSA) is 81.6 Å². The average Bonchev–Trinajstić information content (AvgIpc) is 3.38. The van der Waals surface area contributed by atoms with Crippen LogP contribution < -0.4 is 10.2 Å².